The molecule has 0 saturated heterocycles. The summed E-state index contributed by atoms with van der Waals surface area (Å²) >= 11 is 0. The molecule has 0 radical (unpaired) electrons. The van der Waals surface area contributed by atoms with Gasteiger partial charge in [-0.3, -0.25) is 4.79 Å². The predicted octanol–water partition coefficient (Wildman–Crippen LogP) is 5.08. The van der Waals surface area contributed by atoms with Gasteiger partial charge in [-0.15, -0.1) is 0 Å². The molecule has 1 N–H and O–H groups in total. The third-order valence-electron chi connectivity index (χ3n) is 4.77. The Morgan fingerprint density at radius 3 is 2.15 bits per heavy atom. The summed E-state index contributed by atoms with van der Waals surface area (Å²) in [6.45, 7) is 12.1. The van der Waals surface area contributed by atoms with Gasteiger partial charge < -0.3 is 14.8 Å². The molecule has 27 heavy (non-hydrogen) atoms. The molecule has 0 saturated carbocycles. The molecule has 0 heterocycles. The number of carbonyl (C=O) groups excluding carboxylic acids is 1. The van der Waals surface area contributed by atoms with Crippen LogP contribution >= 0.6 is 0 Å². The molecule has 4 nitrogen and oxygen atoms in total. The fourth-order valence-corrected chi connectivity index (χ4v) is 3.09. The minimum absolute atomic E-state index is 0.120. The summed E-state index contributed by atoms with van der Waals surface area (Å²) < 4.78 is 11.3. The monoisotopic (exact) mass is 369 g/mol. The number of nitrogens with one attached hydrogen (secondary N) is 1. The van der Waals surface area contributed by atoms with E-state index in [1.807, 2.05) is 51.1 Å². The summed E-state index contributed by atoms with van der Waals surface area (Å²) in [5.74, 6) is 1.79. The zero-order chi connectivity index (χ0) is 20.1. The van der Waals surface area contributed by atoms with Crippen molar-refractivity contribution in [1.29, 1.82) is 0 Å². The average Bonchev–Trinajstić information content (AvgIpc) is 2.62. The van der Waals surface area contributed by atoms with Crippen molar-refractivity contribution in [3.63, 3.8) is 0 Å². The molecule has 0 aliphatic rings. The van der Waals surface area contributed by atoms with Crippen molar-refractivity contribution in [2.24, 2.45) is 0 Å². The molecule has 2 atom stereocenters. The topological polar surface area (TPSA) is 47.6 Å². The smallest absolute Gasteiger partial charge is 0.261 e. The molecule has 4 heteroatoms. The van der Waals surface area contributed by atoms with Crippen molar-refractivity contribution < 1.29 is 14.3 Å². The Bertz CT molecular complexity index is 781. The third kappa shape index (κ3) is 5.25. The summed E-state index contributed by atoms with van der Waals surface area (Å²) in [5.41, 5.74) is 4.48. The molecule has 0 aromatic heterocycles. The lowest BCUT2D eigenvalue weighted by molar-refractivity contribution is -0.127. The molecule has 2 aromatic carbocycles. The molecule has 0 aliphatic carbocycles. The molecule has 0 spiro atoms. The van der Waals surface area contributed by atoms with E-state index in [0.29, 0.717) is 11.7 Å². The Kier molecular flexibility index (Phi) is 6.89. The SMILES string of the molecule is COc1cc(C)c([C@H](C)NC(=O)[C@H](C)Oc2ccc(C)cc2)cc1C(C)C. The molecule has 2 rings (SSSR count). The molecule has 0 unspecified atom stereocenters. The van der Waals surface area contributed by atoms with Crippen LogP contribution < -0.4 is 14.8 Å². The van der Waals surface area contributed by atoms with Crippen LogP contribution in [0.15, 0.2) is 36.4 Å². The van der Waals surface area contributed by atoms with Gasteiger partial charge in [0.05, 0.1) is 13.2 Å². The van der Waals surface area contributed by atoms with E-state index in [9.17, 15) is 4.79 Å². The number of hydrogen-bond donors (Lipinski definition) is 1. The third-order valence-corrected chi connectivity index (χ3v) is 4.77. The fourth-order valence-electron chi connectivity index (χ4n) is 3.09. The maximum atomic E-state index is 12.6. The van der Waals surface area contributed by atoms with Crippen molar-refractivity contribution >= 4 is 5.91 Å². The summed E-state index contributed by atoms with van der Waals surface area (Å²) in [6.07, 6.45) is -0.571. The Morgan fingerprint density at radius 2 is 1.59 bits per heavy atom. The van der Waals surface area contributed by atoms with Crippen LogP contribution in [0.1, 0.15) is 61.9 Å². The minimum atomic E-state index is -0.571. The van der Waals surface area contributed by atoms with Crippen molar-refractivity contribution in [3.05, 3.63) is 58.7 Å². The van der Waals surface area contributed by atoms with Gasteiger partial charge in [0.2, 0.25) is 0 Å². The quantitative estimate of drug-likeness (QED) is 0.740. The van der Waals surface area contributed by atoms with Gasteiger partial charge in [-0.05, 0) is 74.6 Å². The second-order valence-corrected chi connectivity index (χ2v) is 7.41. The number of rotatable bonds is 7. The lowest BCUT2D eigenvalue weighted by Crippen LogP contribution is -2.38. The predicted molar refractivity (Wildman–Crippen MR) is 110 cm³/mol. The van der Waals surface area contributed by atoms with E-state index in [2.05, 4.69) is 25.2 Å². The number of amides is 1. The Balaban J connectivity index is 2.11. The van der Waals surface area contributed by atoms with Gasteiger partial charge in [0, 0.05) is 0 Å². The van der Waals surface area contributed by atoms with E-state index >= 15 is 0 Å². The maximum Gasteiger partial charge on any atom is 0.261 e. The highest BCUT2D eigenvalue weighted by molar-refractivity contribution is 5.81. The number of aryl methyl sites for hydroxylation is 2. The van der Waals surface area contributed by atoms with E-state index in [4.69, 9.17) is 9.47 Å². The highest BCUT2D eigenvalue weighted by atomic mass is 16.5. The maximum absolute atomic E-state index is 12.6. The van der Waals surface area contributed by atoms with Gasteiger partial charge in [0.15, 0.2) is 6.10 Å². The van der Waals surface area contributed by atoms with Gasteiger partial charge in [-0.1, -0.05) is 31.5 Å². The normalized spacial score (nSPS) is 13.2. The number of methoxy groups -OCH3 is 1. The minimum Gasteiger partial charge on any atom is -0.496 e. The van der Waals surface area contributed by atoms with Crippen LogP contribution in [-0.4, -0.2) is 19.1 Å². The summed E-state index contributed by atoms with van der Waals surface area (Å²) in [6, 6.07) is 11.8. The second kappa shape index (κ2) is 8.94. The molecule has 0 bridgehead atoms. The molecule has 2 aromatic rings. The standard InChI is InChI=1S/C23H31NO3/c1-14(2)20-13-21(16(4)12-22(20)26-7)17(5)24-23(25)18(6)27-19-10-8-15(3)9-11-19/h8-14,17-18H,1-7H3,(H,24,25)/t17-,18-/m0/s1. The Morgan fingerprint density at radius 1 is 0.963 bits per heavy atom. The van der Waals surface area contributed by atoms with Crippen LogP contribution in [0.25, 0.3) is 0 Å². The van der Waals surface area contributed by atoms with E-state index in [0.717, 1.165) is 28.0 Å². The van der Waals surface area contributed by atoms with E-state index < -0.39 is 6.10 Å². The first-order valence-electron chi connectivity index (χ1n) is 9.45. The summed E-state index contributed by atoms with van der Waals surface area (Å²) in [4.78, 5) is 12.6. The van der Waals surface area contributed by atoms with Crippen LogP contribution in [0, 0.1) is 13.8 Å². The van der Waals surface area contributed by atoms with Crippen LogP contribution in [-0.2, 0) is 4.79 Å². The molecule has 1 amide bonds. The number of ether oxygens (including phenoxy) is 2. The van der Waals surface area contributed by atoms with Crippen LogP contribution in [0.2, 0.25) is 0 Å². The summed E-state index contributed by atoms with van der Waals surface area (Å²) in [7, 11) is 1.69. The largest absolute Gasteiger partial charge is 0.496 e. The first kappa shape index (κ1) is 20.8. The van der Waals surface area contributed by atoms with Crippen LogP contribution in [0.5, 0.6) is 11.5 Å². The second-order valence-electron chi connectivity index (χ2n) is 7.41. The van der Waals surface area contributed by atoms with E-state index in [-0.39, 0.29) is 11.9 Å². The average molecular weight is 370 g/mol. The first-order chi connectivity index (χ1) is 12.7. The number of benzene rings is 2. The highest BCUT2D eigenvalue weighted by Crippen LogP contribution is 2.32. The number of carbonyl (C=O) groups is 1. The van der Waals surface area contributed by atoms with Crippen molar-refractivity contribution in [3.8, 4) is 11.5 Å². The van der Waals surface area contributed by atoms with Gasteiger partial charge in [0.1, 0.15) is 11.5 Å². The molecule has 0 fully saturated rings. The fraction of sp³-hybridized carbons (Fsp3) is 0.435. The molecular formula is C23H31NO3. The van der Waals surface area contributed by atoms with Crippen molar-refractivity contribution in [2.75, 3.05) is 7.11 Å². The number of hydrogen-bond acceptors (Lipinski definition) is 3. The Labute approximate surface area is 162 Å². The van der Waals surface area contributed by atoms with Gasteiger partial charge in [0.25, 0.3) is 5.91 Å². The van der Waals surface area contributed by atoms with Gasteiger partial charge >= 0.3 is 0 Å². The zero-order valence-corrected chi connectivity index (χ0v) is 17.4. The van der Waals surface area contributed by atoms with Crippen LogP contribution in [0.4, 0.5) is 0 Å². The Hall–Kier alpha value is -2.49. The van der Waals surface area contributed by atoms with Crippen molar-refractivity contribution in [1.82, 2.24) is 5.32 Å². The molecule has 0 aliphatic heterocycles. The lowest BCUT2D eigenvalue weighted by Gasteiger charge is -2.22. The lowest BCUT2D eigenvalue weighted by atomic mass is 9.93. The van der Waals surface area contributed by atoms with E-state index in [1.165, 1.54) is 0 Å². The highest BCUT2D eigenvalue weighted by Gasteiger charge is 2.20. The molecular weight excluding hydrogens is 338 g/mol. The van der Waals surface area contributed by atoms with Gasteiger partial charge in [-0.2, -0.15) is 0 Å². The zero-order valence-electron chi connectivity index (χ0n) is 17.4. The molecule has 146 valence electrons. The van der Waals surface area contributed by atoms with Crippen molar-refractivity contribution in [2.45, 2.75) is 59.6 Å². The van der Waals surface area contributed by atoms with Gasteiger partial charge in [-0.25, -0.2) is 0 Å². The van der Waals surface area contributed by atoms with E-state index in [1.54, 1.807) is 14.0 Å². The van der Waals surface area contributed by atoms with Crippen LogP contribution in [0.3, 0.4) is 0 Å². The summed E-state index contributed by atoms with van der Waals surface area (Å²) in [5, 5.41) is 3.07. The first-order valence-corrected chi connectivity index (χ1v) is 9.45.